The maximum absolute atomic E-state index is 2.65. The van der Waals surface area contributed by atoms with Gasteiger partial charge >= 0.3 is 0 Å². The van der Waals surface area contributed by atoms with Crippen molar-refractivity contribution >= 4 is 139 Å². The van der Waals surface area contributed by atoms with Gasteiger partial charge in [-0.25, -0.2) is 0 Å². The quantitative estimate of drug-likeness (QED) is 0.163. The van der Waals surface area contributed by atoms with E-state index in [0.717, 1.165) is 0 Å². The van der Waals surface area contributed by atoms with Crippen molar-refractivity contribution in [2.24, 2.45) is 0 Å². The zero-order chi connectivity index (χ0) is 50.9. The van der Waals surface area contributed by atoms with Crippen molar-refractivity contribution in [2.75, 3.05) is 0 Å². The zero-order valence-electron chi connectivity index (χ0n) is 44.6. The molecule has 4 heteroatoms. The monoisotopic (exact) mass is 992 g/mol. The van der Waals surface area contributed by atoms with E-state index in [1.807, 2.05) is 22.7 Å². The summed E-state index contributed by atoms with van der Waals surface area (Å²) in [5.74, 6) is 0. The molecule has 0 saturated heterocycles. The molecule has 0 spiro atoms. The molecule has 362 valence electrons. The van der Waals surface area contributed by atoms with Crippen LogP contribution in [-0.4, -0.2) is 8.80 Å². The molecule has 0 unspecified atom stereocenters. The molecule has 15 rings (SSSR count). The first-order valence-electron chi connectivity index (χ1n) is 26.6. The third kappa shape index (κ3) is 6.10. The van der Waals surface area contributed by atoms with Gasteiger partial charge in [0.05, 0.1) is 33.1 Å². The highest BCUT2D eigenvalue weighted by atomic mass is 32.1. The van der Waals surface area contributed by atoms with Gasteiger partial charge in [-0.3, -0.25) is 0 Å². The minimum atomic E-state index is 0.0149. The summed E-state index contributed by atoms with van der Waals surface area (Å²) < 4.78 is 10.7. The van der Waals surface area contributed by atoms with E-state index in [-0.39, 0.29) is 21.7 Å². The molecule has 9 aromatic carbocycles. The Labute approximate surface area is 440 Å². The Hall–Kier alpha value is -6.98. The summed E-state index contributed by atoms with van der Waals surface area (Å²) in [6, 6.07) is 57.6. The average Bonchev–Trinajstić information content (AvgIpc) is 4.20. The van der Waals surface area contributed by atoms with Gasteiger partial charge < -0.3 is 8.80 Å². The lowest BCUT2D eigenvalue weighted by Crippen LogP contribution is -2.16. The van der Waals surface area contributed by atoms with E-state index < -0.39 is 0 Å². The SMILES string of the molecule is CC(C)(C)c1cc(-c2ccc3c4c5c(cc6c7cc8c(cc7n(c3c2)c64)c2cc3sc4ccccc4c3c3c4ccc(-c6cc(C(C)(C)C)cc(C(C)(C)C)c6)cc4n8c23)sc2ccccc25)cc(C(C)(C)C)c1. The van der Waals surface area contributed by atoms with Crippen LogP contribution in [0.15, 0.2) is 146 Å². The van der Waals surface area contributed by atoms with Gasteiger partial charge in [-0.1, -0.05) is 180 Å². The Morgan fingerprint density at radius 2 is 0.622 bits per heavy atom. The van der Waals surface area contributed by atoms with Crippen molar-refractivity contribution in [2.45, 2.75) is 105 Å². The summed E-state index contributed by atoms with van der Waals surface area (Å²) in [7, 11) is 0. The van der Waals surface area contributed by atoms with E-state index in [1.165, 1.54) is 161 Å². The highest BCUT2D eigenvalue weighted by Gasteiger charge is 2.29. The number of nitrogens with zero attached hydrogens (tertiary/aromatic N) is 2. The maximum atomic E-state index is 2.65. The summed E-state index contributed by atoms with van der Waals surface area (Å²) in [5, 5.41) is 16.1. The van der Waals surface area contributed by atoms with Crippen molar-refractivity contribution in [1.29, 1.82) is 0 Å². The molecule has 0 aliphatic heterocycles. The first-order chi connectivity index (χ1) is 35.2. The molecule has 0 amide bonds. The van der Waals surface area contributed by atoms with Crippen molar-refractivity contribution < 1.29 is 0 Å². The van der Waals surface area contributed by atoms with Crippen LogP contribution in [0.4, 0.5) is 0 Å². The van der Waals surface area contributed by atoms with Crippen molar-refractivity contribution in [3.05, 3.63) is 168 Å². The molecule has 0 atom stereocenters. The number of aromatic nitrogens is 2. The van der Waals surface area contributed by atoms with Gasteiger partial charge in [0.2, 0.25) is 0 Å². The number of thiophene rings is 2. The van der Waals surface area contributed by atoms with Gasteiger partial charge in [0.15, 0.2) is 0 Å². The first-order valence-corrected chi connectivity index (χ1v) is 28.2. The fourth-order valence-electron chi connectivity index (χ4n) is 12.8. The molecule has 0 saturated carbocycles. The molecule has 0 aliphatic carbocycles. The lowest BCUT2D eigenvalue weighted by Gasteiger charge is -2.26. The topological polar surface area (TPSA) is 8.82 Å². The van der Waals surface area contributed by atoms with Crippen LogP contribution < -0.4 is 0 Å². The predicted molar refractivity (Wildman–Crippen MR) is 327 cm³/mol. The lowest BCUT2D eigenvalue weighted by atomic mass is 9.79. The molecule has 6 aromatic heterocycles. The van der Waals surface area contributed by atoms with E-state index in [4.69, 9.17) is 0 Å². The Bertz CT molecular complexity index is 4540. The van der Waals surface area contributed by atoms with Crippen LogP contribution in [0, 0.1) is 0 Å². The van der Waals surface area contributed by atoms with Crippen LogP contribution in [-0.2, 0) is 21.7 Å². The van der Waals surface area contributed by atoms with Gasteiger partial charge in [-0.2, -0.15) is 0 Å². The number of rotatable bonds is 2. The molecular formula is C70H60N2S2. The molecule has 15 aromatic rings. The molecule has 0 N–H and O–H groups in total. The van der Waals surface area contributed by atoms with Crippen LogP contribution in [0.2, 0.25) is 0 Å². The van der Waals surface area contributed by atoms with Crippen LogP contribution in [0.5, 0.6) is 0 Å². The second-order valence-corrected chi connectivity index (χ2v) is 28.0. The van der Waals surface area contributed by atoms with E-state index in [2.05, 4.69) is 237 Å². The summed E-state index contributed by atoms with van der Waals surface area (Å²) in [6.45, 7) is 28.1. The van der Waals surface area contributed by atoms with E-state index in [0.29, 0.717) is 0 Å². The Kier molecular flexibility index (Phi) is 8.68. The molecule has 2 nitrogen and oxygen atoms in total. The van der Waals surface area contributed by atoms with Gasteiger partial charge in [0.25, 0.3) is 0 Å². The summed E-state index contributed by atoms with van der Waals surface area (Å²) in [6.07, 6.45) is 0. The number of hydrogen-bond acceptors (Lipinski definition) is 2. The molecule has 6 heterocycles. The van der Waals surface area contributed by atoms with Crippen LogP contribution in [0.25, 0.3) is 139 Å². The largest absolute Gasteiger partial charge is 0.308 e. The molecule has 0 radical (unpaired) electrons. The third-order valence-corrected chi connectivity index (χ3v) is 19.2. The second kappa shape index (κ2) is 14.4. The number of hydrogen-bond donors (Lipinski definition) is 0. The fraction of sp³-hybridized carbons (Fsp3) is 0.229. The zero-order valence-corrected chi connectivity index (χ0v) is 46.2. The van der Waals surface area contributed by atoms with Crippen LogP contribution >= 0.6 is 22.7 Å². The minimum Gasteiger partial charge on any atom is -0.308 e. The molecule has 0 aliphatic rings. The van der Waals surface area contributed by atoms with E-state index in [1.54, 1.807) is 0 Å². The Morgan fingerprint density at radius 1 is 0.270 bits per heavy atom. The van der Waals surface area contributed by atoms with Gasteiger partial charge in [0.1, 0.15) is 0 Å². The average molecular weight is 993 g/mol. The first kappa shape index (κ1) is 44.5. The third-order valence-electron chi connectivity index (χ3n) is 16.9. The van der Waals surface area contributed by atoms with Crippen LogP contribution in [0.3, 0.4) is 0 Å². The Balaban J connectivity index is 1.09. The van der Waals surface area contributed by atoms with Gasteiger partial charge in [0, 0.05) is 83.4 Å². The van der Waals surface area contributed by atoms with E-state index in [9.17, 15) is 0 Å². The lowest BCUT2D eigenvalue weighted by molar-refractivity contribution is 0.568. The van der Waals surface area contributed by atoms with E-state index >= 15 is 0 Å². The fourth-order valence-corrected chi connectivity index (χ4v) is 15.1. The van der Waals surface area contributed by atoms with Crippen molar-refractivity contribution in [1.82, 2.24) is 8.80 Å². The highest BCUT2D eigenvalue weighted by Crippen LogP contribution is 2.52. The van der Waals surface area contributed by atoms with Gasteiger partial charge in [-0.05, 0) is 115 Å². The molecular weight excluding hydrogens is 933 g/mol. The normalized spacial score (nSPS) is 13.7. The highest BCUT2D eigenvalue weighted by molar-refractivity contribution is 7.26. The molecule has 0 bridgehead atoms. The maximum Gasteiger partial charge on any atom is 0.0627 e. The summed E-state index contributed by atoms with van der Waals surface area (Å²) >= 11 is 3.86. The van der Waals surface area contributed by atoms with Gasteiger partial charge in [-0.15, -0.1) is 22.7 Å². The Morgan fingerprint density at radius 3 is 0.986 bits per heavy atom. The minimum absolute atomic E-state index is 0.0149. The van der Waals surface area contributed by atoms with Crippen molar-refractivity contribution in [3.63, 3.8) is 0 Å². The second-order valence-electron chi connectivity index (χ2n) is 25.9. The molecule has 74 heavy (non-hydrogen) atoms. The number of benzene rings is 9. The van der Waals surface area contributed by atoms with Crippen LogP contribution in [0.1, 0.15) is 105 Å². The standard InChI is InChI=1S/C70H60N2S2/c1-67(2,3)41-25-39(26-42(31-41)68(4,5)6)37-21-23-45-53(29-37)71-55-33-50-52-36-60-62(48-18-14-16-20-58(48)74-60)64-46-24-22-38(40-27-43(69(7,8)9)32-44(28-40)70(10,11)12)30-54(46)72(66(52)64)56(50)34-49(55)51-35-59-61(63(45)65(51)71)47-17-13-15-19-57(47)73-59/h13-36H,1-12H3. The smallest absolute Gasteiger partial charge is 0.0627 e. The molecule has 0 fully saturated rings. The number of fused-ring (bicyclic) bond motifs is 20. The van der Waals surface area contributed by atoms with Crippen molar-refractivity contribution in [3.8, 4) is 22.3 Å². The summed E-state index contributed by atoms with van der Waals surface area (Å²) in [5.41, 5.74) is 18.4. The summed E-state index contributed by atoms with van der Waals surface area (Å²) in [4.78, 5) is 0. The predicted octanol–water partition coefficient (Wildman–Crippen LogP) is 21.2.